The molecule has 0 spiro atoms. The van der Waals surface area contributed by atoms with Gasteiger partial charge in [0.1, 0.15) is 5.60 Å². The molecule has 44 heavy (non-hydrogen) atoms. The lowest BCUT2D eigenvalue weighted by Crippen LogP contribution is -2.48. The normalized spacial score (nSPS) is 22.5. The highest BCUT2D eigenvalue weighted by molar-refractivity contribution is 6.00. The number of carbonyl (C=O) groups is 2. The maximum atomic E-state index is 13.5. The van der Waals surface area contributed by atoms with Crippen LogP contribution in [0.2, 0.25) is 0 Å². The number of aliphatic hydroxyl groups is 1. The number of hydrogen-bond donors (Lipinski definition) is 2. The number of carbonyl (C=O) groups excluding carboxylic acids is 2. The van der Waals surface area contributed by atoms with Gasteiger partial charge in [-0.25, -0.2) is 0 Å². The zero-order valence-electron chi connectivity index (χ0n) is 24.6. The molecule has 2 N–H and O–H groups in total. The zero-order valence-corrected chi connectivity index (χ0v) is 24.6. The number of likely N-dealkylation sites (tertiary alicyclic amines) is 1. The molecule has 1 atom stereocenters. The van der Waals surface area contributed by atoms with E-state index in [9.17, 15) is 27.9 Å². The highest BCUT2D eigenvalue weighted by atomic mass is 19.4. The second-order valence-electron chi connectivity index (χ2n) is 11.5. The fraction of sp³-hybridized carbons (Fsp3) is 0.424. The number of anilines is 1. The van der Waals surface area contributed by atoms with Gasteiger partial charge in [-0.3, -0.25) is 19.5 Å². The molecule has 1 saturated carbocycles. The Morgan fingerprint density at radius 3 is 2.48 bits per heavy atom. The molecular weight excluding hydrogens is 573 g/mol. The largest absolute Gasteiger partial charge is 0.416 e. The summed E-state index contributed by atoms with van der Waals surface area (Å²) < 4.78 is 44.5. The predicted octanol–water partition coefficient (Wildman–Crippen LogP) is 4.91. The van der Waals surface area contributed by atoms with Crippen LogP contribution in [0.15, 0.2) is 72.9 Å². The Morgan fingerprint density at radius 1 is 1.07 bits per heavy atom. The number of aromatic nitrogens is 1. The van der Waals surface area contributed by atoms with E-state index in [2.05, 4.69) is 15.2 Å². The first-order valence-electron chi connectivity index (χ1n) is 14.8. The molecule has 2 aliphatic rings. The molecule has 5 rings (SSSR count). The third-order valence-electron chi connectivity index (χ3n) is 8.63. The van der Waals surface area contributed by atoms with Crippen LogP contribution >= 0.6 is 0 Å². The van der Waals surface area contributed by atoms with Crippen LogP contribution in [-0.2, 0) is 27.9 Å². The second kappa shape index (κ2) is 13.5. The van der Waals surface area contributed by atoms with Gasteiger partial charge in [0.2, 0.25) is 5.91 Å². The number of methoxy groups -OCH3 is 1. The van der Waals surface area contributed by atoms with Gasteiger partial charge in [-0.05, 0) is 74.1 Å². The lowest BCUT2D eigenvalue weighted by molar-refractivity contribution is -0.137. The van der Waals surface area contributed by atoms with Gasteiger partial charge in [-0.15, -0.1) is 0 Å². The van der Waals surface area contributed by atoms with E-state index >= 15 is 0 Å². The Labute approximate surface area is 254 Å². The van der Waals surface area contributed by atoms with E-state index in [0.29, 0.717) is 37.4 Å². The molecule has 1 aliphatic carbocycles. The molecule has 2 heterocycles. The third-order valence-corrected chi connectivity index (χ3v) is 8.63. The minimum atomic E-state index is -4.58. The summed E-state index contributed by atoms with van der Waals surface area (Å²) in [4.78, 5) is 34.8. The van der Waals surface area contributed by atoms with E-state index in [1.807, 2.05) is 42.5 Å². The first-order chi connectivity index (χ1) is 21.1. The highest BCUT2D eigenvalue weighted by Gasteiger charge is 2.41. The van der Waals surface area contributed by atoms with E-state index in [1.165, 1.54) is 12.1 Å². The van der Waals surface area contributed by atoms with Crippen LogP contribution in [0.3, 0.4) is 0 Å². The summed E-state index contributed by atoms with van der Waals surface area (Å²) in [5.41, 5.74) is 0.242. The molecule has 3 aromatic rings. The minimum Gasteiger partial charge on any atom is -0.384 e. The fourth-order valence-electron chi connectivity index (χ4n) is 6.29. The Hall–Kier alpha value is -3.80. The monoisotopic (exact) mass is 610 g/mol. The summed E-state index contributed by atoms with van der Waals surface area (Å²) in [6.07, 6.45) is 0.635. The maximum Gasteiger partial charge on any atom is 0.416 e. The van der Waals surface area contributed by atoms with Crippen molar-refractivity contribution in [3.8, 4) is 0 Å². The summed E-state index contributed by atoms with van der Waals surface area (Å²) >= 11 is 0. The summed E-state index contributed by atoms with van der Waals surface area (Å²) in [6, 6.07) is 17.2. The van der Waals surface area contributed by atoms with Crippen LogP contribution in [0, 0.1) is 0 Å². The highest BCUT2D eigenvalue weighted by Crippen LogP contribution is 2.39. The van der Waals surface area contributed by atoms with Crippen LogP contribution in [0.1, 0.15) is 59.3 Å². The van der Waals surface area contributed by atoms with Crippen LogP contribution in [-0.4, -0.2) is 65.6 Å². The molecule has 2 aromatic carbocycles. The topological polar surface area (TPSA) is 95.0 Å². The summed E-state index contributed by atoms with van der Waals surface area (Å²) in [7, 11) is 1.63. The molecule has 0 bridgehead atoms. The molecule has 1 aliphatic heterocycles. The number of hydrogen-bond acceptors (Lipinski definition) is 6. The van der Waals surface area contributed by atoms with Crippen LogP contribution in [0.4, 0.5) is 18.9 Å². The Balaban J connectivity index is 1.21. The second-order valence-corrected chi connectivity index (χ2v) is 11.5. The predicted molar refractivity (Wildman–Crippen MR) is 159 cm³/mol. The van der Waals surface area contributed by atoms with Crippen LogP contribution in [0.5, 0.6) is 0 Å². The fourth-order valence-corrected chi connectivity index (χ4v) is 6.29. The molecule has 1 saturated heterocycles. The first-order valence-corrected chi connectivity index (χ1v) is 14.8. The Morgan fingerprint density at radius 2 is 1.82 bits per heavy atom. The Bertz CT molecular complexity index is 1430. The number of nitrogens with zero attached hydrogens (tertiary/aromatic N) is 3. The quantitative estimate of drug-likeness (QED) is 0.358. The number of amides is 2. The van der Waals surface area contributed by atoms with Crippen molar-refractivity contribution in [2.24, 2.45) is 0 Å². The third kappa shape index (κ3) is 7.28. The minimum absolute atomic E-state index is 0.147. The van der Waals surface area contributed by atoms with E-state index < -0.39 is 23.2 Å². The molecule has 11 heteroatoms. The van der Waals surface area contributed by atoms with Gasteiger partial charge in [0.25, 0.3) is 5.91 Å². The van der Waals surface area contributed by atoms with Gasteiger partial charge in [-0.2, -0.15) is 13.2 Å². The van der Waals surface area contributed by atoms with E-state index in [4.69, 9.17) is 4.74 Å². The van der Waals surface area contributed by atoms with Crippen LogP contribution in [0.25, 0.3) is 0 Å². The number of halogens is 3. The van der Waals surface area contributed by atoms with Gasteiger partial charge in [0, 0.05) is 43.7 Å². The van der Waals surface area contributed by atoms with Crippen molar-refractivity contribution in [2.75, 3.05) is 31.6 Å². The number of nitrogens with one attached hydrogen (secondary N) is 1. The smallest absolute Gasteiger partial charge is 0.384 e. The molecule has 234 valence electrons. The lowest BCUT2D eigenvalue weighted by atomic mass is 9.79. The SMILES string of the molecule is COCc1ccc([C@]2(O)CC[C@H](N3CC[C@@H](N(C(=O)CNC(=O)c4cccc(C(F)(F)F)c4)c4ccccc4)C3)CC2)nc1. The van der Waals surface area contributed by atoms with Gasteiger partial charge in [0.05, 0.1) is 30.5 Å². The first kappa shape index (κ1) is 31.6. The van der Waals surface area contributed by atoms with Gasteiger partial charge >= 0.3 is 6.18 Å². The van der Waals surface area contributed by atoms with Crippen molar-refractivity contribution in [3.05, 3.63) is 95.3 Å². The molecule has 0 radical (unpaired) electrons. The summed E-state index contributed by atoms with van der Waals surface area (Å²) in [5, 5.41) is 13.9. The molecular formula is C33H37F3N4O4. The molecule has 8 nitrogen and oxygen atoms in total. The molecule has 1 aromatic heterocycles. The van der Waals surface area contributed by atoms with Crippen molar-refractivity contribution in [3.63, 3.8) is 0 Å². The number of para-hydroxylation sites is 1. The van der Waals surface area contributed by atoms with Gasteiger partial charge in [-0.1, -0.05) is 30.3 Å². The number of alkyl halides is 3. The van der Waals surface area contributed by atoms with Crippen molar-refractivity contribution >= 4 is 17.5 Å². The zero-order chi connectivity index (χ0) is 31.3. The standard InChI is InChI=1S/C33H37F3N4O4/c1-44-22-23-10-11-29(37-19-23)32(43)15-12-26(13-16-32)39-17-14-28(21-39)40(27-8-3-2-4-9-27)30(41)20-38-31(42)24-6-5-7-25(18-24)33(34,35)36/h2-11,18-19,26,28,43H,12-17,20-22H2,1H3,(H,38,42)/t26-,28-,32-/m1/s1. The van der Waals surface area contributed by atoms with E-state index in [-0.39, 0.29) is 30.1 Å². The molecule has 2 fully saturated rings. The van der Waals surface area contributed by atoms with E-state index in [0.717, 1.165) is 43.5 Å². The lowest BCUT2D eigenvalue weighted by Gasteiger charge is -2.39. The average molecular weight is 611 g/mol. The average Bonchev–Trinajstić information content (AvgIpc) is 3.50. The van der Waals surface area contributed by atoms with Crippen molar-refractivity contribution < 1.29 is 32.6 Å². The number of rotatable bonds is 9. The van der Waals surface area contributed by atoms with Gasteiger partial charge < -0.3 is 20.1 Å². The van der Waals surface area contributed by atoms with Crippen molar-refractivity contribution in [1.29, 1.82) is 0 Å². The van der Waals surface area contributed by atoms with E-state index in [1.54, 1.807) is 18.2 Å². The number of pyridine rings is 1. The Kier molecular flexibility index (Phi) is 9.67. The van der Waals surface area contributed by atoms with Crippen molar-refractivity contribution in [1.82, 2.24) is 15.2 Å². The molecule has 0 unspecified atom stereocenters. The maximum absolute atomic E-state index is 13.5. The molecule has 2 amide bonds. The summed E-state index contributed by atoms with van der Waals surface area (Å²) in [6.45, 7) is 1.53. The number of ether oxygens (including phenoxy) is 1. The van der Waals surface area contributed by atoms with Crippen molar-refractivity contribution in [2.45, 2.75) is 62.6 Å². The van der Waals surface area contributed by atoms with Crippen LogP contribution < -0.4 is 10.2 Å². The summed E-state index contributed by atoms with van der Waals surface area (Å²) in [5.74, 6) is -1.09. The number of benzene rings is 2. The van der Waals surface area contributed by atoms with Gasteiger partial charge in [0.15, 0.2) is 0 Å².